The Hall–Kier alpha value is -3.56. The lowest BCUT2D eigenvalue weighted by Crippen LogP contribution is -2.12. The van der Waals surface area contributed by atoms with Crippen LogP contribution < -0.4 is 0 Å². The van der Waals surface area contributed by atoms with Crippen molar-refractivity contribution in [2.24, 2.45) is 5.16 Å². The Labute approximate surface area is 201 Å². The molecule has 0 aliphatic rings. The van der Waals surface area contributed by atoms with Gasteiger partial charge in [0, 0.05) is 11.8 Å². The van der Waals surface area contributed by atoms with Gasteiger partial charge in [0.1, 0.15) is 17.6 Å². The Balaban J connectivity index is 1.75. The van der Waals surface area contributed by atoms with Gasteiger partial charge in [-0.3, -0.25) is 0 Å². The zero-order valence-electron chi connectivity index (χ0n) is 18.3. The number of oxime groups is 1. The first-order valence-corrected chi connectivity index (χ1v) is 12.0. The second-order valence-electron chi connectivity index (χ2n) is 7.51. The molecule has 0 radical (unpaired) electrons. The molecule has 0 saturated carbocycles. The first kappa shape index (κ1) is 23.6. The Morgan fingerprint density at radius 2 is 1.76 bits per heavy atom. The van der Waals surface area contributed by atoms with Crippen LogP contribution >= 0.6 is 11.6 Å². The van der Waals surface area contributed by atoms with Crippen molar-refractivity contribution in [1.82, 2.24) is 14.8 Å². The number of sulfone groups is 1. The highest BCUT2D eigenvalue weighted by Gasteiger charge is 2.29. The summed E-state index contributed by atoms with van der Waals surface area (Å²) in [5, 5.41) is 8.68. The van der Waals surface area contributed by atoms with E-state index in [9.17, 15) is 12.8 Å². The predicted octanol–water partition coefficient (Wildman–Crippen LogP) is 5.06. The highest BCUT2D eigenvalue weighted by Crippen LogP contribution is 2.28. The van der Waals surface area contributed by atoms with Crippen LogP contribution in [0.2, 0.25) is 5.15 Å². The van der Waals surface area contributed by atoms with Crippen molar-refractivity contribution in [3.05, 3.63) is 100 Å². The summed E-state index contributed by atoms with van der Waals surface area (Å²) in [6, 6.07) is 15.3. The number of rotatable bonds is 7. The number of aryl methyl sites for hydroxylation is 2. The van der Waals surface area contributed by atoms with Crippen LogP contribution in [0.3, 0.4) is 0 Å². The SMILES string of the molecule is Cc1ccc(-n2nc(C)c(/C=N/OCc3ccc(Cl)nc3)c2S(=O)(=O)c2ccc(F)cc2)cc1. The van der Waals surface area contributed by atoms with Crippen LogP contribution in [0.5, 0.6) is 0 Å². The lowest BCUT2D eigenvalue weighted by molar-refractivity contribution is 0.132. The molecule has 0 N–H and O–H groups in total. The van der Waals surface area contributed by atoms with Crippen molar-refractivity contribution in [1.29, 1.82) is 0 Å². The van der Waals surface area contributed by atoms with E-state index in [0.29, 0.717) is 16.5 Å². The maximum atomic E-state index is 13.6. The molecule has 4 rings (SSSR count). The molecule has 0 saturated heterocycles. The molecule has 2 heterocycles. The number of nitrogens with zero attached hydrogens (tertiary/aromatic N) is 4. The van der Waals surface area contributed by atoms with E-state index in [2.05, 4.69) is 15.2 Å². The molecule has 0 amide bonds. The van der Waals surface area contributed by atoms with Crippen LogP contribution in [-0.2, 0) is 21.3 Å². The molecule has 2 aromatic heterocycles. The number of benzene rings is 2. The third kappa shape index (κ3) is 5.00. The number of aromatic nitrogens is 3. The molecule has 0 fully saturated rings. The van der Waals surface area contributed by atoms with Crippen LogP contribution in [0.1, 0.15) is 22.4 Å². The van der Waals surface area contributed by atoms with Gasteiger partial charge in [0.05, 0.1) is 28.1 Å². The zero-order valence-corrected chi connectivity index (χ0v) is 19.9. The number of hydrogen-bond acceptors (Lipinski definition) is 6. The van der Waals surface area contributed by atoms with Crippen LogP contribution in [0, 0.1) is 19.7 Å². The van der Waals surface area contributed by atoms with Crippen molar-refractivity contribution in [2.45, 2.75) is 30.4 Å². The van der Waals surface area contributed by atoms with Gasteiger partial charge in [-0.25, -0.2) is 22.5 Å². The summed E-state index contributed by atoms with van der Waals surface area (Å²) in [5.41, 5.74) is 3.01. The summed E-state index contributed by atoms with van der Waals surface area (Å²) >= 11 is 5.78. The largest absolute Gasteiger partial charge is 0.391 e. The minimum Gasteiger partial charge on any atom is -0.391 e. The fraction of sp³-hybridized carbons (Fsp3) is 0.125. The van der Waals surface area contributed by atoms with Gasteiger partial charge < -0.3 is 4.84 Å². The summed E-state index contributed by atoms with van der Waals surface area (Å²) in [7, 11) is -4.09. The molecule has 4 aromatic rings. The third-order valence-electron chi connectivity index (χ3n) is 5.00. The fourth-order valence-electron chi connectivity index (χ4n) is 3.21. The summed E-state index contributed by atoms with van der Waals surface area (Å²) in [5.74, 6) is -0.533. The van der Waals surface area contributed by atoms with Crippen LogP contribution in [0.4, 0.5) is 4.39 Å². The Kier molecular flexibility index (Phi) is 6.76. The molecule has 0 aliphatic heterocycles. The van der Waals surface area contributed by atoms with Crippen LogP contribution in [0.25, 0.3) is 5.69 Å². The molecular formula is C24H20ClFN4O3S. The van der Waals surface area contributed by atoms with Crippen LogP contribution in [-0.4, -0.2) is 29.4 Å². The maximum Gasteiger partial charge on any atom is 0.224 e. The topological polar surface area (TPSA) is 86.4 Å². The Morgan fingerprint density at radius 1 is 1.06 bits per heavy atom. The van der Waals surface area contributed by atoms with Gasteiger partial charge in [-0.15, -0.1) is 0 Å². The first-order valence-electron chi connectivity index (χ1n) is 10.2. The van der Waals surface area contributed by atoms with Crippen LogP contribution in [0.15, 0.2) is 81.9 Å². The molecule has 0 aliphatic carbocycles. The van der Waals surface area contributed by atoms with E-state index in [1.807, 2.05) is 19.1 Å². The summed E-state index contributed by atoms with van der Waals surface area (Å²) in [6.45, 7) is 3.73. The monoisotopic (exact) mass is 498 g/mol. The molecular weight excluding hydrogens is 479 g/mol. The molecule has 0 unspecified atom stereocenters. The highest BCUT2D eigenvalue weighted by molar-refractivity contribution is 7.91. The normalized spacial score (nSPS) is 11.8. The first-order chi connectivity index (χ1) is 16.3. The Morgan fingerprint density at radius 3 is 2.41 bits per heavy atom. The smallest absolute Gasteiger partial charge is 0.224 e. The van der Waals surface area contributed by atoms with Gasteiger partial charge in [0.2, 0.25) is 9.84 Å². The molecule has 0 bridgehead atoms. The highest BCUT2D eigenvalue weighted by atomic mass is 35.5. The van der Waals surface area contributed by atoms with Gasteiger partial charge in [-0.05, 0) is 56.3 Å². The minimum atomic E-state index is -4.09. The predicted molar refractivity (Wildman–Crippen MR) is 127 cm³/mol. The van der Waals surface area contributed by atoms with E-state index in [-0.39, 0.29) is 22.1 Å². The summed E-state index contributed by atoms with van der Waals surface area (Å²) in [4.78, 5) is 9.25. The summed E-state index contributed by atoms with van der Waals surface area (Å²) in [6.07, 6.45) is 2.87. The fourth-order valence-corrected chi connectivity index (χ4v) is 4.90. The van der Waals surface area contributed by atoms with E-state index < -0.39 is 15.7 Å². The number of pyridine rings is 1. The van der Waals surface area contributed by atoms with Gasteiger partial charge in [0.15, 0.2) is 5.03 Å². The number of hydrogen-bond donors (Lipinski definition) is 0. The Bertz CT molecular complexity index is 1430. The molecule has 0 spiro atoms. The summed E-state index contributed by atoms with van der Waals surface area (Å²) < 4.78 is 42.0. The second-order valence-corrected chi connectivity index (χ2v) is 9.76. The van der Waals surface area contributed by atoms with Gasteiger partial charge in [-0.1, -0.05) is 40.5 Å². The molecule has 7 nitrogen and oxygen atoms in total. The number of halogens is 2. The molecule has 174 valence electrons. The van der Waals surface area contributed by atoms with E-state index >= 15 is 0 Å². The average molecular weight is 499 g/mol. The molecule has 34 heavy (non-hydrogen) atoms. The minimum absolute atomic E-state index is 0.0648. The lowest BCUT2D eigenvalue weighted by atomic mass is 10.2. The van der Waals surface area contributed by atoms with Gasteiger partial charge >= 0.3 is 0 Å². The molecule has 10 heteroatoms. The van der Waals surface area contributed by atoms with Gasteiger partial charge in [-0.2, -0.15) is 5.10 Å². The molecule has 0 atom stereocenters. The quantitative estimate of drug-likeness (QED) is 0.154. The maximum absolute atomic E-state index is 13.6. The van der Waals surface area contributed by atoms with E-state index in [4.69, 9.17) is 16.4 Å². The van der Waals surface area contributed by atoms with E-state index in [0.717, 1.165) is 23.3 Å². The van der Waals surface area contributed by atoms with Crippen molar-refractivity contribution in [3.8, 4) is 5.69 Å². The second kappa shape index (κ2) is 9.74. The van der Waals surface area contributed by atoms with Crippen molar-refractivity contribution in [2.75, 3.05) is 0 Å². The standard InChI is InChI=1S/C24H20ClFN4O3S/c1-16-3-8-20(9-4-16)30-24(34(31,32)21-10-6-19(26)7-11-21)22(17(2)29-30)14-28-33-15-18-5-12-23(25)27-13-18/h3-14H,15H2,1-2H3/b28-14+. The van der Waals surface area contributed by atoms with Crippen molar-refractivity contribution in [3.63, 3.8) is 0 Å². The van der Waals surface area contributed by atoms with E-state index in [1.165, 1.54) is 23.0 Å². The molecule has 2 aromatic carbocycles. The average Bonchev–Trinajstić information content (AvgIpc) is 3.15. The lowest BCUT2D eigenvalue weighted by Gasteiger charge is -2.10. The van der Waals surface area contributed by atoms with Crippen molar-refractivity contribution >= 4 is 27.7 Å². The zero-order chi connectivity index (χ0) is 24.3. The van der Waals surface area contributed by atoms with E-state index in [1.54, 1.807) is 37.4 Å². The third-order valence-corrected chi connectivity index (χ3v) is 7.01. The van der Waals surface area contributed by atoms with Crippen molar-refractivity contribution < 1.29 is 17.6 Å². The van der Waals surface area contributed by atoms with Gasteiger partial charge in [0.25, 0.3) is 0 Å².